The minimum Gasteiger partial charge on any atom is -0.317 e. The van der Waals surface area contributed by atoms with Gasteiger partial charge in [-0.05, 0) is 31.8 Å². The molecule has 0 unspecified atom stereocenters. The lowest BCUT2D eigenvalue weighted by molar-refractivity contribution is 0.321. The number of aromatic nitrogens is 2. The van der Waals surface area contributed by atoms with E-state index in [4.69, 9.17) is 0 Å². The van der Waals surface area contributed by atoms with E-state index in [1.807, 2.05) is 0 Å². The lowest BCUT2D eigenvalue weighted by Gasteiger charge is -2.22. The van der Waals surface area contributed by atoms with Gasteiger partial charge in [-0.3, -0.25) is 4.68 Å². The molecule has 2 heterocycles. The normalized spacial score (nSPS) is 17.8. The van der Waals surface area contributed by atoms with Gasteiger partial charge in [0.1, 0.15) is 0 Å². The SMILES string of the molecule is Cl.Fc1cnn(CC2CCNCC2)c1. The summed E-state index contributed by atoms with van der Waals surface area (Å²) in [5.41, 5.74) is 0. The van der Waals surface area contributed by atoms with Gasteiger partial charge >= 0.3 is 0 Å². The fourth-order valence-electron chi connectivity index (χ4n) is 1.77. The van der Waals surface area contributed by atoms with Crippen LogP contribution in [0.2, 0.25) is 0 Å². The standard InChI is InChI=1S/C9H14FN3.ClH/c10-9-5-12-13(7-9)6-8-1-3-11-4-2-8;/h5,7-8,11H,1-4,6H2;1H. The van der Waals surface area contributed by atoms with E-state index in [1.54, 1.807) is 4.68 Å². The highest BCUT2D eigenvalue weighted by Crippen LogP contribution is 2.13. The number of nitrogens with one attached hydrogen (secondary N) is 1. The summed E-state index contributed by atoms with van der Waals surface area (Å²) < 4.78 is 14.3. The van der Waals surface area contributed by atoms with Gasteiger partial charge in [0.05, 0.1) is 12.4 Å². The summed E-state index contributed by atoms with van der Waals surface area (Å²) in [7, 11) is 0. The molecule has 1 N–H and O–H groups in total. The number of nitrogens with zero attached hydrogens (tertiary/aromatic N) is 2. The van der Waals surface area contributed by atoms with Crippen molar-refractivity contribution in [1.82, 2.24) is 15.1 Å². The summed E-state index contributed by atoms with van der Waals surface area (Å²) in [5, 5.41) is 7.23. The van der Waals surface area contributed by atoms with Crippen LogP contribution in [-0.4, -0.2) is 22.9 Å². The highest BCUT2D eigenvalue weighted by atomic mass is 35.5. The van der Waals surface area contributed by atoms with Crippen molar-refractivity contribution in [2.45, 2.75) is 19.4 Å². The van der Waals surface area contributed by atoms with E-state index in [0.717, 1.165) is 19.6 Å². The van der Waals surface area contributed by atoms with Gasteiger partial charge in [0.2, 0.25) is 0 Å². The molecule has 0 atom stereocenters. The second-order valence-electron chi connectivity index (χ2n) is 3.57. The molecule has 0 radical (unpaired) electrons. The first-order valence-electron chi connectivity index (χ1n) is 4.73. The maximum absolute atomic E-state index is 12.6. The van der Waals surface area contributed by atoms with Crippen LogP contribution in [0.1, 0.15) is 12.8 Å². The molecule has 0 bridgehead atoms. The second-order valence-corrected chi connectivity index (χ2v) is 3.57. The van der Waals surface area contributed by atoms with Gasteiger partial charge in [-0.1, -0.05) is 0 Å². The van der Waals surface area contributed by atoms with E-state index >= 15 is 0 Å². The van der Waals surface area contributed by atoms with Crippen molar-refractivity contribution in [3.63, 3.8) is 0 Å². The maximum atomic E-state index is 12.6. The molecule has 1 saturated heterocycles. The van der Waals surface area contributed by atoms with Gasteiger partial charge in [0.15, 0.2) is 5.82 Å². The molecule has 0 amide bonds. The molecular formula is C9H15ClFN3. The van der Waals surface area contributed by atoms with E-state index in [2.05, 4.69) is 10.4 Å². The van der Waals surface area contributed by atoms with Crippen LogP contribution < -0.4 is 5.32 Å². The largest absolute Gasteiger partial charge is 0.317 e. The van der Waals surface area contributed by atoms with Crippen molar-refractivity contribution in [3.8, 4) is 0 Å². The average Bonchev–Trinajstić information content (AvgIpc) is 2.53. The molecule has 0 aliphatic carbocycles. The van der Waals surface area contributed by atoms with Crippen molar-refractivity contribution in [2.24, 2.45) is 5.92 Å². The Kier molecular flexibility index (Phi) is 4.35. The molecule has 1 aliphatic heterocycles. The van der Waals surface area contributed by atoms with Gasteiger partial charge < -0.3 is 5.32 Å². The van der Waals surface area contributed by atoms with Crippen molar-refractivity contribution in [1.29, 1.82) is 0 Å². The van der Waals surface area contributed by atoms with Crippen molar-refractivity contribution in [2.75, 3.05) is 13.1 Å². The summed E-state index contributed by atoms with van der Waals surface area (Å²) in [4.78, 5) is 0. The van der Waals surface area contributed by atoms with Crippen LogP contribution in [0.5, 0.6) is 0 Å². The maximum Gasteiger partial charge on any atom is 0.161 e. The second kappa shape index (κ2) is 5.32. The number of rotatable bonds is 2. The predicted octanol–water partition coefficient (Wildman–Crippen LogP) is 1.44. The van der Waals surface area contributed by atoms with Crippen LogP contribution in [0.3, 0.4) is 0 Å². The smallest absolute Gasteiger partial charge is 0.161 e. The zero-order valence-electron chi connectivity index (χ0n) is 7.95. The molecule has 1 aromatic heterocycles. The monoisotopic (exact) mass is 219 g/mol. The van der Waals surface area contributed by atoms with Crippen LogP contribution in [0.4, 0.5) is 4.39 Å². The van der Waals surface area contributed by atoms with Crippen LogP contribution in [-0.2, 0) is 6.54 Å². The molecule has 3 nitrogen and oxygen atoms in total. The lowest BCUT2D eigenvalue weighted by atomic mass is 9.98. The highest BCUT2D eigenvalue weighted by Gasteiger charge is 2.13. The first-order chi connectivity index (χ1) is 6.34. The van der Waals surface area contributed by atoms with Crippen molar-refractivity contribution in [3.05, 3.63) is 18.2 Å². The summed E-state index contributed by atoms with van der Waals surface area (Å²) in [6.07, 6.45) is 5.06. The molecule has 1 aliphatic rings. The summed E-state index contributed by atoms with van der Waals surface area (Å²) >= 11 is 0. The summed E-state index contributed by atoms with van der Waals surface area (Å²) in [5.74, 6) is 0.412. The van der Waals surface area contributed by atoms with E-state index < -0.39 is 0 Å². The molecule has 0 aromatic carbocycles. The number of hydrogen-bond acceptors (Lipinski definition) is 2. The van der Waals surface area contributed by atoms with E-state index in [1.165, 1.54) is 25.2 Å². The van der Waals surface area contributed by atoms with Crippen LogP contribution >= 0.6 is 12.4 Å². The first-order valence-corrected chi connectivity index (χ1v) is 4.73. The van der Waals surface area contributed by atoms with Crippen LogP contribution in [0, 0.1) is 11.7 Å². The third-order valence-corrected chi connectivity index (χ3v) is 2.51. The Morgan fingerprint density at radius 3 is 2.79 bits per heavy atom. The lowest BCUT2D eigenvalue weighted by Crippen LogP contribution is -2.29. The Labute approximate surface area is 89.1 Å². The van der Waals surface area contributed by atoms with E-state index in [-0.39, 0.29) is 18.2 Å². The Bertz CT molecular complexity index is 271. The minimum absolute atomic E-state index is 0. The quantitative estimate of drug-likeness (QED) is 0.816. The molecule has 1 aromatic rings. The Hall–Kier alpha value is -0.610. The van der Waals surface area contributed by atoms with E-state index in [0.29, 0.717) is 5.92 Å². The van der Waals surface area contributed by atoms with E-state index in [9.17, 15) is 4.39 Å². The van der Waals surface area contributed by atoms with Crippen LogP contribution in [0.25, 0.3) is 0 Å². The van der Waals surface area contributed by atoms with Gasteiger partial charge in [-0.15, -0.1) is 12.4 Å². The zero-order chi connectivity index (χ0) is 9.10. The molecule has 2 rings (SSSR count). The summed E-state index contributed by atoms with van der Waals surface area (Å²) in [6.45, 7) is 3.01. The summed E-state index contributed by atoms with van der Waals surface area (Å²) in [6, 6.07) is 0. The average molecular weight is 220 g/mol. The van der Waals surface area contributed by atoms with Crippen molar-refractivity contribution >= 4 is 12.4 Å². The fourth-order valence-corrected chi connectivity index (χ4v) is 1.77. The van der Waals surface area contributed by atoms with Crippen molar-refractivity contribution < 1.29 is 4.39 Å². The Balaban J connectivity index is 0.000000980. The third kappa shape index (κ3) is 2.96. The number of hydrogen-bond donors (Lipinski definition) is 1. The Morgan fingerprint density at radius 2 is 2.21 bits per heavy atom. The highest BCUT2D eigenvalue weighted by molar-refractivity contribution is 5.85. The van der Waals surface area contributed by atoms with Gasteiger partial charge in [0, 0.05) is 6.54 Å². The molecule has 14 heavy (non-hydrogen) atoms. The van der Waals surface area contributed by atoms with Gasteiger partial charge in [0.25, 0.3) is 0 Å². The van der Waals surface area contributed by atoms with Gasteiger partial charge in [-0.2, -0.15) is 5.10 Å². The zero-order valence-corrected chi connectivity index (χ0v) is 8.76. The molecule has 80 valence electrons. The molecule has 0 spiro atoms. The predicted molar refractivity (Wildman–Crippen MR) is 55.0 cm³/mol. The molecule has 0 saturated carbocycles. The minimum atomic E-state index is -0.242. The fraction of sp³-hybridized carbons (Fsp3) is 0.667. The molecular weight excluding hydrogens is 205 g/mol. The first kappa shape index (κ1) is 11.5. The topological polar surface area (TPSA) is 29.9 Å². The third-order valence-electron chi connectivity index (χ3n) is 2.51. The molecule has 1 fully saturated rings. The molecule has 5 heteroatoms. The number of halogens is 2. The van der Waals surface area contributed by atoms with Gasteiger partial charge in [-0.25, -0.2) is 4.39 Å². The Morgan fingerprint density at radius 1 is 1.50 bits per heavy atom. The number of piperidine rings is 1. The van der Waals surface area contributed by atoms with Crippen LogP contribution in [0.15, 0.2) is 12.4 Å².